The van der Waals surface area contributed by atoms with Crippen LogP contribution in [0.25, 0.3) is 0 Å². The molecule has 0 saturated carbocycles. The highest BCUT2D eigenvalue weighted by molar-refractivity contribution is 7.45. The molecule has 0 aromatic carbocycles. The van der Waals surface area contributed by atoms with Gasteiger partial charge in [0.2, 0.25) is 5.91 Å². The maximum atomic E-state index is 12.2. The summed E-state index contributed by atoms with van der Waals surface area (Å²) >= 11 is 0. The van der Waals surface area contributed by atoms with E-state index in [0.29, 0.717) is 23.9 Å². The van der Waals surface area contributed by atoms with Gasteiger partial charge in [-0.3, -0.25) is 9.36 Å². The molecule has 0 saturated heterocycles. The Bertz CT molecular complexity index is 748. The lowest BCUT2D eigenvalue weighted by molar-refractivity contribution is -0.870. The zero-order valence-electron chi connectivity index (χ0n) is 25.3. The van der Waals surface area contributed by atoms with Gasteiger partial charge in [0.25, 0.3) is 7.82 Å². The van der Waals surface area contributed by atoms with Crippen molar-refractivity contribution in [1.29, 1.82) is 0 Å². The Morgan fingerprint density at radius 3 is 2.03 bits per heavy atom. The largest absolute Gasteiger partial charge is 0.756 e. The van der Waals surface area contributed by atoms with Gasteiger partial charge in [-0.1, -0.05) is 82.4 Å². The molecule has 39 heavy (non-hydrogen) atoms. The number of phosphoric ester groups is 1. The van der Waals surface area contributed by atoms with Gasteiger partial charge in [0, 0.05) is 6.42 Å². The minimum Gasteiger partial charge on any atom is -0.756 e. The summed E-state index contributed by atoms with van der Waals surface area (Å²) in [5.41, 5.74) is 0. The van der Waals surface area contributed by atoms with Gasteiger partial charge in [0.05, 0.1) is 39.9 Å². The molecule has 0 fully saturated rings. The molecule has 0 rings (SSSR count). The molecule has 0 aromatic heterocycles. The summed E-state index contributed by atoms with van der Waals surface area (Å²) in [5, 5.41) is 13.3. The number of amides is 1. The SMILES string of the molecule is CCCCCCC/C=C/CC/C=C/CC/C=C/C(O)C(COP(=O)([O-])OCC[N+](C)(C)C)NC(=O)CCCC. The summed E-state index contributed by atoms with van der Waals surface area (Å²) in [7, 11) is 1.22. The smallest absolute Gasteiger partial charge is 0.268 e. The van der Waals surface area contributed by atoms with E-state index >= 15 is 0 Å². The molecule has 0 radical (unpaired) electrons. The number of hydrogen-bond donors (Lipinski definition) is 2. The quantitative estimate of drug-likeness (QED) is 0.0618. The molecule has 0 spiro atoms. The molecule has 0 bridgehead atoms. The van der Waals surface area contributed by atoms with Crippen LogP contribution in [0.5, 0.6) is 0 Å². The molecule has 8 nitrogen and oxygen atoms in total. The van der Waals surface area contributed by atoms with Crippen LogP contribution >= 0.6 is 7.82 Å². The van der Waals surface area contributed by atoms with E-state index in [1.807, 2.05) is 34.1 Å². The van der Waals surface area contributed by atoms with Crippen molar-refractivity contribution in [2.45, 2.75) is 109 Å². The van der Waals surface area contributed by atoms with Gasteiger partial charge >= 0.3 is 0 Å². The molecule has 0 aliphatic heterocycles. The van der Waals surface area contributed by atoms with Crippen LogP contribution in [0.3, 0.4) is 0 Å². The number of quaternary nitrogens is 1. The lowest BCUT2D eigenvalue weighted by atomic mass is 10.1. The predicted octanol–water partition coefficient (Wildman–Crippen LogP) is 5.82. The summed E-state index contributed by atoms with van der Waals surface area (Å²) in [6.45, 7) is 4.29. The Morgan fingerprint density at radius 1 is 0.872 bits per heavy atom. The third-order valence-electron chi connectivity index (χ3n) is 6.08. The zero-order valence-corrected chi connectivity index (χ0v) is 26.2. The molecule has 0 aromatic rings. The number of rotatable bonds is 25. The first kappa shape index (κ1) is 37.7. The number of aliphatic hydroxyl groups excluding tert-OH is 1. The number of carbonyl (C=O) groups is 1. The first-order valence-corrected chi connectivity index (χ1v) is 16.3. The van der Waals surface area contributed by atoms with Gasteiger partial charge in [0.15, 0.2) is 0 Å². The normalized spacial score (nSPS) is 15.8. The first-order chi connectivity index (χ1) is 18.5. The number of carbonyl (C=O) groups excluding carboxylic acids is 1. The number of nitrogens with one attached hydrogen (secondary N) is 1. The molecule has 1 amide bonds. The molecule has 3 unspecified atom stereocenters. The van der Waals surface area contributed by atoms with Crippen molar-refractivity contribution in [2.24, 2.45) is 0 Å². The summed E-state index contributed by atoms with van der Waals surface area (Å²) in [4.78, 5) is 24.4. The van der Waals surface area contributed by atoms with E-state index in [4.69, 9.17) is 9.05 Å². The van der Waals surface area contributed by atoms with Crippen molar-refractivity contribution >= 4 is 13.7 Å². The van der Waals surface area contributed by atoms with E-state index in [1.54, 1.807) is 6.08 Å². The van der Waals surface area contributed by atoms with Crippen LogP contribution in [0.15, 0.2) is 36.5 Å². The van der Waals surface area contributed by atoms with Gasteiger partial charge < -0.3 is 28.8 Å². The first-order valence-electron chi connectivity index (χ1n) is 14.9. The van der Waals surface area contributed by atoms with Crippen molar-refractivity contribution in [3.8, 4) is 0 Å². The van der Waals surface area contributed by atoms with Gasteiger partial charge in [0.1, 0.15) is 13.2 Å². The Labute approximate surface area is 238 Å². The van der Waals surface area contributed by atoms with E-state index in [1.165, 1.54) is 38.5 Å². The fourth-order valence-electron chi connectivity index (χ4n) is 3.57. The fraction of sp³-hybridized carbons (Fsp3) is 0.767. The number of aliphatic hydroxyl groups is 1. The third kappa shape index (κ3) is 25.4. The summed E-state index contributed by atoms with van der Waals surface area (Å²) in [5.74, 6) is -0.252. The lowest BCUT2D eigenvalue weighted by Crippen LogP contribution is -2.45. The molecular formula is C30H57N2O6P. The molecule has 2 N–H and O–H groups in total. The van der Waals surface area contributed by atoms with Crippen molar-refractivity contribution in [3.05, 3.63) is 36.5 Å². The van der Waals surface area contributed by atoms with Crippen LogP contribution in [-0.4, -0.2) is 68.5 Å². The monoisotopic (exact) mass is 572 g/mol. The number of likely N-dealkylation sites (N-methyl/N-ethyl adjacent to an activating group) is 1. The Kier molecular flexibility index (Phi) is 22.7. The number of phosphoric acid groups is 1. The van der Waals surface area contributed by atoms with Gasteiger partial charge in [-0.05, 0) is 44.9 Å². The second kappa shape index (κ2) is 23.4. The van der Waals surface area contributed by atoms with E-state index in [9.17, 15) is 19.4 Å². The van der Waals surface area contributed by atoms with E-state index in [-0.39, 0.29) is 12.5 Å². The van der Waals surface area contributed by atoms with Crippen LogP contribution in [0.4, 0.5) is 0 Å². The van der Waals surface area contributed by atoms with E-state index in [2.05, 4.69) is 36.5 Å². The predicted molar refractivity (Wildman–Crippen MR) is 159 cm³/mol. The summed E-state index contributed by atoms with van der Waals surface area (Å²) in [6.07, 6.45) is 24.4. The highest BCUT2D eigenvalue weighted by Gasteiger charge is 2.23. The minimum atomic E-state index is -4.56. The average molecular weight is 573 g/mol. The van der Waals surface area contributed by atoms with E-state index in [0.717, 1.165) is 32.1 Å². The molecule has 228 valence electrons. The molecule has 3 atom stereocenters. The van der Waals surface area contributed by atoms with Gasteiger partial charge in [-0.2, -0.15) is 0 Å². The summed E-state index contributed by atoms with van der Waals surface area (Å²) in [6, 6.07) is -0.899. The Balaban J connectivity index is 4.51. The highest BCUT2D eigenvalue weighted by Crippen LogP contribution is 2.38. The van der Waals surface area contributed by atoms with Crippen molar-refractivity contribution < 1.29 is 32.9 Å². The van der Waals surface area contributed by atoms with Crippen molar-refractivity contribution in [3.63, 3.8) is 0 Å². The van der Waals surface area contributed by atoms with Crippen LogP contribution in [0, 0.1) is 0 Å². The fourth-order valence-corrected chi connectivity index (χ4v) is 4.29. The number of hydrogen-bond acceptors (Lipinski definition) is 6. The number of allylic oxidation sites excluding steroid dienone is 5. The Morgan fingerprint density at radius 2 is 1.44 bits per heavy atom. The molecule has 0 heterocycles. The van der Waals surface area contributed by atoms with Crippen molar-refractivity contribution in [1.82, 2.24) is 5.32 Å². The lowest BCUT2D eigenvalue weighted by Gasteiger charge is -2.29. The van der Waals surface area contributed by atoms with Crippen LogP contribution in [0.1, 0.15) is 97.3 Å². The van der Waals surface area contributed by atoms with Gasteiger partial charge in [-0.25, -0.2) is 0 Å². The summed E-state index contributed by atoms with van der Waals surface area (Å²) < 4.78 is 22.6. The maximum absolute atomic E-state index is 12.2. The minimum absolute atomic E-state index is 0.0107. The average Bonchev–Trinajstić information content (AvgIpc) is 2.86. The maximum Gasteiger partial charge on any atom is 0.268 e. The second-order valence-electron chi connectivity index (χ2n) is 11.1. The molecule has 0 aliphatic carbocycles. The third-order valence-corrected chi connectivity index (χ3v) is 7.04. The second-order valence-corrected chi connectivity index (χ2v) is 12.5. The number of nitrogens with zero attached hydrogens (tertiary/aromatic N) is 1. The number of unbranched alkanes of at least 4 members (excludes halogenated alkanes) is 8. The molecule has 0 aliphatic rings. The van der Waals surface area contributed by atoms with Crippen LogP contribution < -0.4 is 10.2 Å². The van der Waals surface area contributed by atoms with Crippen LogP contribution in [0.2, 0.25) is 0 Å². The van der Waals surface area contributed by atoms with E-state index < -0.39 is 26.6 Å². The van der Waals surface area contributed by atoms with Crippen LogP contribution in [-0.2, 0) is 18.4 Å². The topological polar surface area (TPSA) is 108 Å². The standard InChI is InChI=1S/C30H57N2O6P/c1-6-8-10-11-12-13-14-15-16-17-18-19-20-21-22-23-29(33)28(31-30(34)24-9-7-2)27-38-39(35,36)37-26-25-32(3,4)5/h14-15,18-19,22-23,28-29,33H,6-13,16-17,20-21,24-27H2,1-5H3,(H-,31,34,35,36)/b15-14+,19-18+,23-22+. The highest BCUT2D eigenvalue weighted by atomic mass is 31.2. The van der Waals surface area contributed by atoms with Gasteiger partial charge in [-0.15, -0.1) is 0 Å². The Hall–Kier alpha value is -1.28. The molecular weight excluding hydrogens is 515 g/mol. The molecule has 9 heteroatoms. The van der Waals surface area contributed by atoms with Crippen molar-refractivity contribution in [2.75, 3.05) is 40.9 Å². The zero-order chi connectivity index (χ0) is 29.4.